The van der Waals surface area contributed by atoms with Gasteiger partial charge in [-0.15, -0.1) is 0 Å². The Kier molecular flexibility index (Phi) is 4.11. The van der Waals surface area contributed by atoms with Crippen molar-refractivity contribution in [3.05, 3.63) is 74.8 Å². The minimum atomic E-state index is -1.26. The van der Waals surface area contributed by atoms with E-state index in [1.165, 1.54) is 17.0 Å². The smallest absolute Gasteiger partial charge is 0.332 e. The van der Waals surface area contributed by atoms with Gasteiger partial charge >= 0.3 is 11.7 Å². The van der Waals surface area contributed by atoms with E-state index in [9.17, 15) is 14.4 Å². The van der Waals surface area contributed by atoms with E-state index in [4.69, 9.17) is 5.11 Å². The Hall–Kier alpha value is -3.68. The Morgan fingerprint density at radius 1 is 1.29 bits per heavy atom. The van der Waals surface area contributed by atoms with Gasteiger partial charge in [0, 0.05) is 35.1 Å². The number of fused-ring (bicyclic) bond motifs is 2. The van der Waals surface area contributed by atoms with Gasteiger partial charge in [-0.1, -0.05) is 12.1 Å². The number of nitrogens with one attached hydrogen (secondary N) is 1. The molecule has 3 heterocycles. The lowest BCUT2D eigenvalue weighted by Crippen LogP contribution is -2.42. The van der Waals surface area contributed by atoms with Crippen LogP contribution in [0.5, 0.6) is 0 Å². The summed E-state index contributed by atoms with van der Waals surface area (Å²) in [5.41, 5.74) is 1.98. The molecule has 1 atom stereocenters. The second kappa shape index (κ2) is 6.49. The van der Waals surface area contributed by atoms with Gasteiger partial charge in [0.15, 0.2) is 0 Å². The molecule has 8 nitrogen and oxygen atoms in total. The van der Waals surface area contributed by atoms with Crippen molar-refractivity contribution in [3.8, 4) is 0 Å². The van der Waals surface area contributed by atoms with Crippen LogP contribution in [0.3, 0.4) is 0 Å². The molecule has 0 saturated carbocycles. The minimum absolute atomic E-state index is 0.201. The molecule has 1 unspecified atom stereocenters. The maximum Gasteiger partial charge on any atom is 0.332 e. The van der Waals surface area contributed by atoms with Crippen molar-refractivity contribution >= 4 is 27.8 Å². The van der Waals surface area contributed by atoms with Crippen LogP contribution in [0.2, 0.25) is 0 Å². The summed E-state index contributed by atoms with van der Waals surface area (Å²) in [5, 5.41) is 10.4. The molecule has 3 aromatic heterocycles. The third-order valence-electron chi connectivity index (χ3n) is 5.05. The van der Waals surface area contributed by atoms with Crippen molar-refractivity contribution in [2.24, 2.45) is 0 Å². The van der Waals surface area contributed by atoms with E-state index in [0.29, 0.717) is 5.52 Å². The predicted molar refractivity (Wildman–Crippen MR) is 105 cm³/mol. The van der Waals surface area contributed by atoms with Crippen LogP contribution in [0.4, 0.5) is 0 Å². The summed E-state index contributed by atoms with van der Waals surface area (Å²) in [6, 6.07) is 7.05. The van der Waals surface area contributed by atoms with Crippen LogP contribution in [-0.4, -0.2) is 30.2 Å². The van der Waals surface area contributed by atoms with Gasteiger partial charge in [-0.25, -0.2) is 9.36 Å². The van der Waals surface area contributed by atoms with Crippen molar-refractivity contribution in [2.45, 2.75) is 26.4 Å². The quantitative estimate of drug-likeness (QED) is 0.565. The van der Waals surface area contributed by atoms with Gasteiger partial charge in [0.05, 0.1) is 16.9 Å². The van der Waals surface area contributed by atoms with E-state index < -0.39 is 29.8 Å². The molecule has 8 heteroatoms. The molecule has 0 saturated heterocycles. The average molecular weight is 378 g/mol. The molecule has 2 N–H and O–H groups in total. The van der Waals surface area contributed by atoms with Gasteiger partial charge in [0.25, 0.3) is 5.56 Å². The number of benzene rings is 1. The summed E-state index contributed by atoms with van der Waals surface area (Å²) < 4.78 is 2.20. The summed E-state index contributed by atoms with van der Waals surface area (Å²) in [7, 11) is 0. The number of hydrogen-bond acceptors (Lipinski definition) is 4. The van der Waals surface area contributed by atoms with Crippen LogP contribution >= 0.6 is 0 Å². The minimum Gasteiger partial charge on any atom is -0.480 e. The molecule has 4 rings (SSSR count). The third-order valence-corrected chi connectivity index (χ3v) is 5.05. The molecule has 0 bridgehead atoms. The van der Waals surface area contributed by atoms with Crippen LogP contribution in [0.25, 0.3) is 21.8 Å². The second-order valence-corrected chi connectivity index (χ2v) is 6.75. The van der Waals surface area contributed by atoms with Gasteiger partial charge in [-0.05, 0) is 31.5 Å². The van der Waals surface area contributed by atoms with Crippen LogP contribution in [0.15, 0.2) is 52.4 Å². The lowest BCUT2D eigenvalue weighted by molar-refractivity contribution is -0.137. The number of H-pyrrole nitrogens is 1. The van der Waals surface area contributed by atoms with Gasteiger partial charge in [-0.3, -0.25) is 19.1 Å². The molecule has 0 amide bonds. The Bertz CT molecular complexity index is 1350. The fraction of sp³-hybridized carbons (Fsp3) is 0.200. The second-order valence-electron chi connectivity index (χ2n) is 6.75. The number of carboxylic acid groups (broad SMARTS) is 1. The first-order chi connectivity index (χ1) is 13.4. The van der Waals surface area contributed by atoms with Crippen molar-refractivity contribution in [2.75, 3.05) is 0 Å². The lowest BCUT2D eigenvalue weighted by Gasteiger charge is -2.19. The first kappa shape index (κ1) is 17.7. The zero-order valence-corrected chi connectivity index (χ0v) is 15.3. The molecule has 0 radical (unpaired) electrons. The SMILES string of the molecule is Cc1cccc2[nH]cc(C(C)n3c(=O)n(CC(=O)O)c(=O)c4cnccc43)c12. The summed E-state index contributed by atoms with van der Waals surface area (Å²) in [6.45, 7) is 3.14. The van der Waals surface area contributed by atoms with Gasteiger partial charge < -0.3 is 10.1 Å². The van der Waals surface area contributed by atoms with E-state index in [1.807, 2.05) is 38.2 Å². The highest BCUT2D eigenvalue weighted by Crippen LogP contribution is 2.29. The predicted octanol–water partition coefficient (Wildman–Crippen LogP) is 2.04. The van der Waals surface area contributed by atoms with E-state index in [1.54, 1.807) is 6.07 Å². The molecule has 0 fully saturated rings. The number of pyridine rings is 1. The molecule has 0 aliphatic carbocycles. The van der Waals surface area contributed by atoms with Crippen LogP contribution in [0.1, 0.15) is 24.1 Å². The summed E-state index contributed by atoms with van der Waals surface area (Å²) in [4.78, 5) is 44.2. The highest BCUT2D eigenvalue weighted by atomic mass is 16.4. The highest BCUT2D eigenvalue weighted by molar-refractivity contribution is 5.87. The van der Waals surface area contributed by atoms with Gasteiger partial charge in [0.2, 0.25) is 0 Å². The van der Waals surface area contributed by atoms with Crippen LogP contribution in [0, 0.1) is 6.92 Å². The standard InChI is InChI=1S/C20H18N4O4/c1-11-4-3-5-15-18(11)13(9-22-15)12(2)24-16-6-7-21-8-14(16)19(27)23(20(24)28)10-17(25)26/h3-9,12,22H,10H2,1-2H3,(H,25,26). The lowest BCUT2D eigenvalue weighted by atomic mass is 10.0. The molecule has 1 aromatic carbocycles. The van der Waals surface area contributed by atoms with Crippen molar-refractivity contribution in [3.63, 3.8) is 0 Å². The van der Waals surface area contributed by atoms with E-state index in [-0.39, 0.29) is 5.39 Å². The van der Waals surface area contributed by atoms with E-state index >= 15 is 0 Å². The number of carbonyl (C=O) groups is 1. The summed E-state index contributed by atoms with van der Waals surface area (Å²) >= 11 is 0. The number of carboxylic acids is 1. The number of rotatable bonds is 4. The zero-order chi connectivity index (χ0) is 20.0. The normalized spacial score (nSPS) is 12.5. The first-order valence-electron chi connectivity index (χ1n) is 8.77. The molecule has 142 valence electrons. The molecule has 28 heavy (non-hydrogen) atoms. The van der Waals surface area contributed by atoms with E-state index in [2.05, 4.69) is 9.97 Å². The van der Waals surface area contributed by atoms with Crippen LogP contribution < -0.4 is 11.2 Å². The first-order valence-corrected chi connectivity index (χ1v) is 8.77. The Balaban J connectivity index is 2.06. The molecule has 0 aliphatic heterocycles. The monoisotopic (exact) mass is 378 g/mol. The number of aromatic amines is 1. The molecule has 4 aromatic rings. The van der Waals surface area contributed by atoms with Crippen molar-refractivity contribution < 1.29 is 9.90 Å². The fourth-order valence-electron chi connectivity index (χ4n) is 3.74. The Morgan fingerprint density at radius 3 is 2.82 bits per heavy atom. The zero-order valence-electron chi connectivity index (χ0n) is 15.3. The summed E-state index contributed by atoms with van der Waals surface area (Å²) in [6.07, 6.45) is 4.71. The van der Waals surface area contributed by atoms with Crippen molar-refractivity contribution in [1.29, 1.82) is 0 Å². The molecular weight excluding hydrogens is 360 g/mol. The number of aliphatic carboxylic acids is 1. The maximum atomic E-state index is 13.1. The van der Waals surface area contributed by atoms with E-state index in [0.717, 1.165) is 26.6 Å². The number of hydrogen-bond donors (Lipinski definition) is 2. The van der Waals surface area contributed by atoms with Crippen LogP contribution in [-0.2, 0) is 11.3 Å². The maximum absolute atomic E-state index is 13.1. The largest absolute Gasteiger partial charge is 0.480 e. The fourth-order valence-corrected chi connectivity index (χ4v) is 3.74. The molecule has 0 spiro atoms. The summed E-state index contributed by atoms with van der Waals surface area (Å²) in [5.74, 6) is -1.26. The number of aromatic nitrogens is 4. The molecular formula is C20H18N4O4. The highest BCUT2D eigenvalue weighted by Gasteiger charge is 2.22. The topological polar surface area (TPSA) is 110 Å². The Morgan fingerprint density at radius 2 is 2.07 bits per heavy atom. The third kappa shape index (κ3) is 2.61. The average Bonchev–Trinajstić information content (AvgIpc) is 3.10. The molecule has 0 aliphatic rings. The van der Waals surface area contributed by atoms with Crippen molar-refractivity contribution in [1.82, 2.24) is 19.1 Å². The number of aryl methyl sites for hydroxylation is 1. The Labute approximate surface area is 158 Å². The van der Waals surface area contributed by atoms with Gasteiger partial charge in [0.1, 0.15) is 6.54 Å². The number of nitrogens with zero attached hydrogens (tertiary/aromatic N) is 3. The van der Waals surface area contributed by atoms with Gasteiger partial charge in [-0.2, -0.15) is 0 Å².